The van der Waals surface area contributed by atoms with E-state index in [2.05, 4.69) is 44.6 Å². The van der Waals surface area contributed by atoms with Crippen molar-refractivity contribution in [3.63, 3.8) is 0 Å². The van der Waals surface area contributed by atoms with Crippen molar-refractivity contribution in [1.82, 2.24) is 10.3 Å². The van der Waals surface area contributed by atoms with Gasteiger partial charge in [0.25, 0.3) is 5.91 Å². The van der Waals surface area contributed by atoms with E-state index in [0.29, 0.717) is 5.56 Å². The number of hydrazone groups is 1. The van der Waals surface area contributed by atoms with Crippen molar-refractivity contribution in [3.05, 3.63) is 59.7 Å². The van der Waals surface area contributed by atoms with Crippen molar-refractivity contribution in [2.75, 3.05) is 38.2 Å². The topological polar surface area (TPSA) is 57.2 Å². The van der Waals surface area contributed by atoms with Crippen LogP contribution < -0.4 is 15.1 Å². The van der Waals surface area contributed by atoms with Crippen LogP contribution in [0.2, 0.25) is 0 Å². The number of hydrogen-bond donors (Lipinski definition) is 1. The van der Waals surface area contributed by atoms with Gasteiger partial charge in [0.1, 0.15) is 5.75 Å². The Balaban J connectivity index is 1.24. The summed E-state index contributed by atoms with van der Waals surface area (Å²) in [5, 5.41) is 4.54. The fourth-order valence-corrected chi connectivity index (χ4v) is 5.38. The molecule has 37 heavy (non-hydrogen) atoms. The molecule has 6 heteroatoms. The van der Waals surface area contributed by atoms with E-state index in [1.807, 2.05) is 24.3 Å². The van der Waals surface area contributed by atoms with Crippen LogP contribution in [0, 0.1) is 0 Å². The van der Waals surface area contributed by atoms with Crippen LogP contribution in [0.25, 0.3) is 0 Å². The van der Waals surface area contributed by atoms with Crippen LogP contribution in [0.1, 0.15) is 86.6 Å². The van der Waals surface area contributed by atoms with Crippen molar-refractivity contribution in [3.8, 4) is 5.75 Å². The molecule has 1 N–H and O–H groups in total. The highest BCUT2D eigenvalue weighted by atomic mass is 16.5. The van der Waals surface area contributed by atoms with Crippen LogP contribution in [-0.2, 0) is 6.54 Å². The Morgan fingerprint density at radius 3 is 2.03 bits per heavy atom. The Hall–Kier alpha value is -2.86. The molecule has 1 saturated heterocycles. The molecule has 0 radical (unpaired) electrons. The number of para-hydroxylation sites is 2. The number of nitrogens with one attached hydrogen (secondary N) is 1. The van der Waals surface area contributed by atoms with E-state index >= 15 is 0 Å². The first-order chi connectivity index (χ1) is 18.2. The molecule has 0 spiro atoms. The Bertz CT molecular complexity index is 983. The molecule has 1 saturated carbocycles. The Morgan fingerprint density at radius 2 is 1.41 bits per heavy atom. The number of benzene rings is 2. The van der Waals surface area contributed by atoms with Gasteiger partial charge in [0.15, 0.2) is 0 Å². The summed E-state index contributed by atoms with van der Waals surface area (Å²) in [4.78, 5) is 17.6. The van der Waals surface area contributed by atoms with Gasteiger partial charge in [-0.15, -0.1) is 0 Å². The van der Waals surface area contributed by atoms with Gasteiger partial charge in [-0.25, -0.2) is 5.43 Å². The van der Waals surface area contributed by atoms with Crippen LogP contribution in [-0.4, -0.2) is 49.8 Å². The molecule has 0 atom stereocenters. The number of piperazine rings is 1. The van der Waals surface area contributed by atoms with Gasteiger partial charge in [0.05, 0.1) is 12.8 Å². The third-order valence-electron chi connectivity index (χ3n) is 7.67. The van der Waals surface area contributed by atoms with E-state index in [1.165, 1.54) is 69.0 Å². The van der Waals surface area contributed by atoms with Gasteiger partial charge in [-0.2, -0.15) is 5.10 Å². The Morgan fingerprint density at radius 1 is 0.811 bits per heavy atom. The number of rotatable bonds is 6. The number of anilines is 1. The summed E-state index contributed by atoms with van der Waals surface area (Å²) in [5.41, 5.74) is 7.05. The average Bonchev–Trinajstić information content (AvgIpc) is 2.93. The van der Waals surface area contributed by atoms with Crippen molar-refractivity contribution in [1.29, 1.82) is 0 Å². The zero-order chi connectivity index (χ0) is 25.7. The van der Waals surface area contributed by atoms with Crippen molar-refractivity contribution < 1.29 is 9.53 Å². The van der Waals surface area contributed by atoms with Gasteiger partial charge in [-0.1, -0.05) is 69.2 Å². The fraction of sp³-hybridized carbons (Fsp3) is 0.548. The molecule has 0 aromatic heterocycles. The maximum Gasteiger partial charge on any atom is 0.271 e. The fourth-order valence-electron chi connectivity index (χ4n) is 5.38. The summed E-state index contributed by atoms with van der Waals surface area (Å²) in [6.45, 7) is 4.84. The summed E-state index contributed by atoms with van der Waals surface area (Å²) in [6.07, 6.45) is 13.6. The van der Waals surface area contributed by atoms with E-state index in [-0.39, 0.29) is 5.91 Å². The number of methoxy groups -OCH3 is 1. The molecule has 6 nitrogen and oxygen atoms in total. The minimum Gasteiger partial charge on any atom is -0.495 e. The molecule has 200 valence electrons. The highest BCUT2D eigenvalue weighted by Crippen LogP contribution is 2.28. The Labute approximate surface area is 223 Å². The highest BCUT2D eigenvalue weighted by molar-refractivity contribution is 5.95. The van der Waals surface area contributed by atoms with Crippen molar-refractivity contribution >= 4 is 17.3 Å². The van der Waals surface area contributed by atoms with Gasteiger partial charge >= 0.3 is 0 Å². The zero-order valence-electron chi connectivity index (χ0n) is 22.6. The molecule has 4 rings (SSSR count). The number of ether oxygens (including phenoxy) is 1. The minimum atomic E-state index is -0.115. The normalized spacial score (nSPS) is 18.4. The number of nitrogens with zero attached hydrogens (tertiary/aromatic N) is 3. The van der Waals surface area contributed by atoms with Gasteiger partial charge in [0, 0.05) is 44.0 Å². The second-order valence-electron chi connectivity index (χ2n) is 10.4. The first-order valence-electron chi connectivity index (χ1n) is 14.3. The van der Waals surface area contributed by atoms with Crippen LogP contribution in [0.4, 0.5) is 5.69 Å². The molecule has 1 amide bonds. The van der Waals surface area contributed by atoms with Crippen LogP contribution in [0.15, 0.2) is 53.6 Å². The molecule has 1 heterocycles. The van der Waals surface area contributed by atoms with E-state index in [0.717, 1.165) is 57.0 Å². The summed E-state index contributed by atoms with van der Waals surface area (Å²) in [5.74, 6) is 0.817. The molecule has 1 aliphatic heterocycles. The number of amides is 1. The van der Waals surface area contributed by atoms with Gasteiger partial charge in [-0.05, 0) is 55.5 Å². The molecular weight excluding hydrogens is 460 g/mol. The molecule has 2 aromatic carbocycles. The van der Waals surface area contributed by atoms with Crippen molar-refractivity contribution in [2.24, 2.45) is 5.10 Å². The maximum absolute atomic E-state index is 12.7. The molecule has 0 unspecified atom stereocenters. The SMILES string of the molecule is COc1ccccc1N1CCN(Cc2ccc(C(=O)NN=C3CCCCCCCCCCC3)cc2)CC1. The molecule has 0 bridgehead atoms. The van der Waals surface area contributed by atoms with E-state index in [4.69, 9.17) is 4.74 Å². The summed E-state index contributed by atoms with van der Waals surface area (Å²) in [7, 11) is 1.73. The maximum atomic E-state index is 12.7. The first-order valence-corrected chi connectivity index (χ1v) is 14.3. The quantitative estimate of drug-likeness (QED) is 0.462. The number of carbonyl (C=O) groups excluding carboxylic acids is 1. The smallest absolute Gasteiger partial charge is 0.271 e. The van der Waals surface area contributed by atoms with Crippen LogP contribution in [0.3, 0.4) is 0 Å². The highest BCUT2D eigenvalue weighted by Gasteiger charge is 2.19. The van der Waals surface area contributed by atoms with E-state index in [1.54, 1.807) is 7.11 Å². The third-order valence-corrected chi connectivity index (χ3v) is 7.67. The van der Waals surface area contributed by atoms with Gasteiger partial charge < -0.3 is 9.64 Å². The second kappa shape index (κ2) is 14.8. The largest absolute Gasteiger partial charge is 0.495 e. The third kappa shape index (κ3) is 8.60. The lowest BCUT2D eigenvalue weighted by atomic mass is 10.00. The summed E-state index contributed by atoms with van der Waals surface area (Å²) in [6, 6.07) is 16.2. The Kier molecular flexibility index (Phi) is 10.9. The van der Waals surface area contributed by atoms with Crippen LogP contribution in [0.5, 0.6) is 5.75 Å². The lowest BCUT2D eigenvalue weighted by Crippen LogP contribution is -2.46. The first kappa shape index (κ1) is 27.2. The standard InChI is InChI=1S/C31H44N4O2/c1-37-30-16-12-11-15-29(30)35-23-21-34(22-24-35)25-26-17-19-27(20-18-26)31(36)33-32-28-13-9-7-5-3-2-4-6-8-10-14-28/h11-12,15-20H,2-10,13-14,21-25H2,1H3,(H,33,36). The molecular formula is C31H44N4O2. The van der Waals surface area contributed by atoms with Gasteiger partial charge in [-0.3, -0.25) is 9.69 Å². The zero-order valence-corrected chi connectivity index (χ0v) is 22.6. The lowest BCUT2D eigenvalue weighted by molar-refractivity contribution is 0.0954. The van der Waals surface area contributed by atoms with Gasteiger partial charge in [0.2, 0.25) is 0 Å². The number of hydrogen-bond acceptors (Lipinski definition) is 5. The average molecular weight is 505 g/mol. The second-order valence-corrected chi connectivity index (χ2v) is 10.4. The molecule has 2 aliphatic rings. The minimum absolute atomic E-state index is 0.115. The summed E-state index contributed by atoms with van der Waals surface area (Å²) < 4.78 is 5.54. The predicted octanol–water partition coefficient (Wildman–Crippen LogP) is 6.41. The molecule has 1 aliphatic carbocycles. The van der Waals surface area contributed by atoms with Crippen LogP contribution >= 0.6 is 0 Å². The predicted molar refractivity (Wildman–Crippen MR) is 153 cm³/mol. The molecule has 2 fully saturated rings. The number of carbonyl (C=O) groups is 1. The monoisotopic (exact) mass is 504 g/mol. The van der Waals surface area contributed by atoms with E-state index < -0.39 is 0 Å². The van der Waals surface area contributed by atoms with E-state index in [9.17, 15) is 4.79 Å². The van der Waals surface area contributed by atoms with Crippen molar-refractivity contribution in [2.45, 2.75) is 77.2 Å². The lowest BCUT2D eigenvalue weighted by Gasteiger charge is -2.36. The molecule has 2 aromatic rings. The summed E-state index contributed by atoms with van der Waals surface area (Å²) >= 11 is 0.